The van der Waals surface area contributed by atoms with Crippen LogP contribution >= 0.6 is 23.2 Å². The van der Waals surface area contributed by atoms with Gasteiger partial charge in [0.1, 0.15) is 5.82 Å². The quantitative estimate of drug-likeness (QED) is 0.857. The molecule has 0 aromatic heterocycles. The number of halogens is 3. The molecule has 0 heterocycles. The Morgan fingerprint density at radius 3 is 2.55 bits per heavy atom. The van der Waals surface area contributed by atoms with Crippen LogP contribution < -0.4 is 5.32 Å². The lowest BCUT2D eigenvalue weighted by molar-refractivity contribution is 0.553. The number of hydrogen-bond donors (Lipinski definition) is 1. The van der Waals surface area contributed by atoms with Gasteiger partial charge in [0.05, 0.1) is 10.0 Å². The summed E-state index contributed by atoms with van der Waals surface area (Å²) >= 11 is 12.2. The van der Waals surface area contributed by atoms with Crippen LogP contribution in [-0.4, -0.2) is 13.1 Å². The second-order valence-corrected chi connectivity index (χ2v) is 5.52. The molecule has 1 atom stereocenters. The fraction of sp³-hybridized carbons (Fsp3) is 0.250. The van der Waals surface area contributed by atoms with Gasteiger partial charge in [-0.05, 0) is 49.2 Å². The van der Waals surface area contributed by atoms with Crippen LogP contribution in [0.5, 0.6) is 0 Å². The number of hydrogen-bond acceptors (Lipinski definition) is 1. The van der Waals surface area contributed by atoms with Crippen molar-refractivity contribution in [1.29, 1.82) is 0 Å². The zero-order valence-corrected chi connectivity index (χ0v) is 12.7. The van der Waals surface area contributed by atoms with Crippen LogP contribution in [0.25, 0.3) is 0 Å². The number of nitrogens with one attached hydrogen (secondary N) is 1. The molecule has 0 fully saturated rings. The molecule has 4 heteroatoms. The van der Waals surface area contributed by atoms with Crippen LogP contribution in [0.15, 0.2) is 42.5 Å². The van der Waals surface area contributed by atoms with E-state index in [1.165, 1.54) is 6.07 Å². The van der Waals surface area contributed by atoms with E-state index in [0.29, 0.717) is 10.0 Å². The molecule has 1 unspecified atom stereocenters. The Kier molecular flexibility index (Phi) is 5.41. The lowest BCUT2D eigenvalue weighted by Crippen LogP contribution is -2.30. The molecular weight excluding hydrogens is 296 g/mol. The summed E-state index contributed by atoms with van der Waals surface area (Å²) in [5.41, 5.74) is 1.96. The van der Waals surface area contributed by atoms with Crippen LogP contribution in [0.4, 0.5) is 4.39 Å². The maximum Gasteiger partial charge on any atom is 0.123 e. The van der Waals surface area contributed by atoms with E-state index < -0.39 is 0 Å². The summed E-state index contributed by atoms with van der Waals surface area (Å²) in [6.07, 6.45) is 1.48. The smallest absolute Gasteiger partial charge is 0.123 e. The van der Waals surface area contributed by atoms with Gasteiger partial charge in [0, 0.05) is 6.04 Å². The van der Waals surface area contributed by atoms with Gasteiger partial charge in [0.2, 0.25) is 0 Å². The highest BCUT2D eigenvalue weighted by molar-refractivity contribution is 6.42. The molecule has 0 aliphatic heterocycles. The summed E-state index contributed by atoms with van der Waals surface area (Å²) in [7, 11) is 1.89. The van der Waals surface area contributed by atoms with Crippen molar-refractivity contribution in [1.82, 2.24) is 5.32 Å². The van der Waals surface area contributed by atoms with Gasteiger partial charge in [0.15, 0.2) is 0 Å². The number of benzene rings is 2. The van der Waals surface area contributed by atoms with Crippen molar-refractivity contribution in [3.05, 3.63) is 69.5 Å². The van der Waals surface area contributed by atoms with E-state index in [-0.39, 0.29) is 11.9 Å². The highest BCUT2D eigenvalue weighted by Gasteiger charge is 2.12. The van der Waals surface area contributed by atoms with E-state index in [1.54, 1.807) is 18.2 Å². The van der Waals surface area contributed by atoms with Crippen LogP contribution in [0.2, 0.25) is 10.0 Å². The molecule has 0 radical (unpaired) electrons. The van der Waals surface area contributed by atoms with Gasteiger partial charge in [-0.1, -0.05) is 47.5 Å². The zero-order valence-electron chi connectivity index (χ0n) is 11.2. The Labute approximate surface area is 128 Å². The Bertz CT molecular complexity index is 586. The molecule has 1 nitrogen and oxygen atoms in total. The second-order valence-electron chi connectivity index (χ2n) is 4.74. The van der Waals surface area contributed by atoms with Gasteiger partial charge >= 0.3 is 0 Å². The molecule has 1 N–H and O–H groups in total. The minimum atomic E-state index is -0.210. The predicted octanol–water partition coefficient (Wildman–Crippen LogP) is 4.51. The largest absolute Gasteiger partial charge is 0.316 e. The second kappa shape index (κ2) is 7.07. The fourth-order valence-electron chi connectivity index (χ4n) is 2.20. The molecule has 0 amide bonds. The van der Waals surface area contributed by atoms with Gasteiger partial charge in [-0.2, -0.15) is 0 Å². The normalized spacial score (nSPS) is 12.4. The van der Waals surface area contributed by atoms with Crippen molar-refractivity contribution in [3.63, 3.8) is 0 Å². The maximum absolute atomic E-state index is 13.2. The molecule has 20 heavy (non-hydrogen) atoms. The van der Waals surface area contributed by atoms with Gasteiger partial charge in [-0.25, -0.2) is 4.39 Å². The standard InChI is InChI=1S/C16H16Cl2FN/c1-20-14(9-11-4-2-6-13(19)8-11)10-12-5-3-7-15(17)16(12)18/h2-8,14,20H,9-10H2,1H3. The van der Waals surface area contributed by atoms with Gasteiger partial charge in [-0.15, -0.1) is 0 Å². The highest BCUT2D eigenvalue weighted by atomic mass is 35.5. The van der Waals surface area contributed by atoms with Crippen LogP contribution in [-0.2, 0) is 12.8 Å². The first-order valence-electron chi connectivity index (χ1n) is 6.44. The summed E-state index contributed by atoms with van der Waals surface area (Å²) in [6, 6.07) is 12.5. The molecular formula is C16H16Cl2FN. The first kappa shape index (κ1) is 15.3. The SMILES string of the molecule is CNC(Cc1cccc(F)c1)Cc1cccc(Cl)c1Cl. The Balaban J connectivity index is 2.11. The Morgan fingerprint density at radius 2 is 1.85 bits per heavy atom. The van der Waals surface area contributed by atoms with Gasteiger partial charge in [0.25, 0.3) is 0 Å². The molecule has 0 bridgehead atoms. The molecule has 106 valence electrons. The van der Waals surface area contributed by atoms with Gasteiger partial charge < -0.3 is 5.32 Å². The molecule has 2 aromatic carbocycles. The van der Waals surface area contributed by atoms with Crippen LogP contribution in [0.1, 0.15) is 11.1 Å². The summed E-state index contributed by atoms with van der Waals surface area (Å²) in [5, 5.41) is 4.39. The van der Waals surface area contributed by atoms with Crippen LogP contribution in [0, 0.1) is 5.82 Å². The summed E-state index contributed by atoms with van der Waals surface area (Å²) in [6.45, 7) is 0. The Hall–Kier alpha value is -1.09. The molecule has 0 aliphatic rings. The van der Waals surface area contributed by atoms with Crippen molar-refractivity contribution in [3.8, 4) is 0 Å². The molecule has 0 aliphatic carbocycles. The minimum Gasteiger partial charge on any atom is -0.316 e. The molecule has 0 spiro atoms. The van der Waals surface area contributed by atoms with E-state index in [1.807, 2.05) is 25.2 Å². The lowest BCUT2D eigenvalue weighted by Gasteiger charge is -2.17. The first-order chi connectivity index (χ1) is 9.60. The number of rotatable bonds is 5. The average molecular weight is 312 g/mol. The van der Waals surface area contributed by atoms with E-state index in [2.05, 4.69) is 5.32 Å². The topological polar surface area (TPSA) is 12.0 Å². The summed E-state index contributed by atoms with van der Waals surface area (Å²) < 4.78 is 13.2. The average Bonchev–Trinajstić information content (AvgIpc) is 2.43. The van der Waals surface area contributed by atoms with E-state index in [0.717, 1.165) is 24.0 Å². The maximum atomic E-state index is 13.2. The lowest BCUT2D eigenvalue weighted by atomic mass is 9.99. The highest BCUT2D eigenvalue weighted by Crippen LogP contribution is 2.26. The van der Waals surface area contributed by atoms with E-state index >= 15 is 0 Å². The fourth-order valence-corrected chi connectivity index (χ4v) is 2.59. The third-order valence-corrected chi connectivity index (χ3v) is 4.14. The Morgan fingerprint density at radius 1 is 1.10 bits per heavy atom. The van der Waals surface area contributed by atoms with Crippen molar-refractivity contribution < 1.29 is 4.39 Å². The zero-order chi connectivity index (χ0) is 14.5. The third kappa shape index (κ3) is 3.95. The van der Waals surface area contributed by atoms with Crippen molar-refractivity contribution >= 4 is 23.2 Å². The third-order valence-electron chi connectivity index (χ3n) is 3.28. The van der Waals surface area contributed by atoms with Crippen LogP contribution in [0.3, 0.4) is 0 Å². The van der Waals surface area contributed by atoms with Crippen molar-refractivity contribution in [2.45, 2.75) is 18.9 Å². The summed E-state index contributed by atoms with van der Waals surface area (Å²) in [4.78, 5) is 0. The monoisotopic (exact) mass is 311 g/mol. The van der Waals surface area contributed by atoms with E-state index in [9.17, 15) is 4.39 Å². The molecule has 2 aromatic rings. The number of likely N-dealkylation sites (N-methyl/N-ethyl adjacent to an activating group) is 1. The first-order valence-corrected chi connectivity index (χ1v) is 7.20. The summed E-state index contributed by atoms with van der Waals surface area (Å²) in [5.74, 6) is -0.210. The molecule has 0 saturated carbocycles. The van der Waals surface area contributed by atoms with Crippen molar-refractivity contribution in [2.75, 3.05) is 7.05 Å². The minimum absolute atomic E-state index is 0.174. The molecule has 0 saturated heterocycles. The predicted molar refractivity (Wildman–Crippen MR) is 83.1 cm³/mol. The van der Waals surface area contributed by atoms with E-state index in [4.69, 9.17) is 23.2 Å². The van der Waals surface area contributed by atoms with Crippen molar-refractivity contribution in [2.24, 2.45) is 0 Å². The van der Waals surface area contributed by atoms with Gasteiger partial charge in [-0.3, -0.25) is 0 Å². The molecule has 2 rings (SSSR count).